The van der Waals surface area contributed by atoms with Gasteiger partial charge in [0.2, 0.25) is 0 Å². The molecule has 146 valence electrons. The predicted octanol–water partition coefficient (Wildman–Crippen LogP) is 6.43. The van der Waals surface area contributed by atoms with Crippen molar-refractivity contribution in [2.45, 2.75) is 20.0 Å². The van der Waals surface area contributed by atoms with Crippen molar-refractivity contribution in [2.75, 3.05) is 0 Å². The lowest BCUT2D eigenvalue weighted by atomic mass is 10.1. The minimum Gasteiger partial charge on any atom is -0.340 e. The average molecular weight is 422 g/mol. The zero-order valence-electron chi connectivity index (χ0n) is 16.1. The highest BCUT2D eigenvalue weighted by Gasteiger charge is 2.12. The van der Waals surface area contributed by atoms with Crippen LogP contribution in [0, 0.1) is 6.92 Å². The molecular weight excluding hydrogens is 401 g/mol. The van der Waals surface area contributed by atoms with E-state index in [-0.39, 0.29) is 0 Å². The molecule has 0 radical (unpaired) electrons. The molecule has 1 heterocycles. The van der Waals surface area contributed by atoms with E-state index in [2.05, 4.69) is 52.3 Å². The van der Waals surface area contributed by atoms with Crippen molar-refractivity contribution in [2.24, 2.45) is 5.10 Å². The van der Waals surface area contributed by atoms with Crippen molar-refractivity contribution in [1.82, 2.24) is 9.99 Å². The van der Waals surface area contributed by atoms with Gasteiger partial charge >= 0.3 is 0 Å². The first-order chi connectivity index (χ1) is 14.1. The largest absolute Gasteiger partial charge is 0.340 e. The third-order valence-electron chi connectivity index (χ3n) is 5.02. The molecule has 0 spiro atoms. The lowest BCUT2D eigenvalue weighted by Crippen LogP contribution is -2.06. The number of hydrogen-bond acceptors (Lipinski definition) is 2. The second-order valence-corrected chi connectivity index (χ2v) is 7.76. The number of para-hydroxylation sites is 1. The van der Waals surface area contributed by atoms with Crippen LogP contribution in [0.5, 0.6) is 0 Å². The molecule has 29 heavy (non-hydrogen) atoms. The highest BCUT2D eigenvalue weighted by atomic mass is 35.5. The van der Waals surface area contributed by atoms with Crippen LogP contribution in [0.15, 0.2) is 77.9 Å². The van der Waals surface area contributed by atoms with Crippen LogP contribution in [-0.2, 0) is 13.1 Å². The van der Waals surface area contributed by atoms with Crippen LogP contribution in [0.1, 0.15) is 22.4 Å². The Morgan fingerprint density at radius 2 is 1.76 bits per heavy atom. The average Bonchev–Trinajstić information content (AvgIpc) is 2.98. The Morgan fingerprint density at radius 1 is 0.966 bits per heavy atom. The van der Waals surface area contributed by atoms with E-state index in [0.717, 1.165) is 33.4 Å². The predicted molar refractivity (Wildman–Crippen MR) is 123 cm³/mol. The van der Waals surface area contributed by atoms with E-state index in [1.54, 1.807) is 0 Å². The summed E-state index contributed by atoms with van der Waals surface area (Å²) in [5.74, 6) is 0. The molecule has 0 unspecified atom stereocenters. The summed E-state index contributed by atoms with van der Waals surface area (Å²) in [5.41, 5.74) is 8.74. The zero-order chi connectivity index (χ0) is 20.2. The fourth-order valence-electron chi connectivity index (χ4n) is 3.53. The van der Waals surface area contributed by atoms with E-state index < -0.39 is 0 Å². The maximum absolute atomic E-state index is 6.21. The number of hydrogen-bond donors (Lipinski definition) is 1. The van der Waals surface area contributed by atoms with E-state index in [0.29, 0.717) is 6.54 Å². The van der Waals surface area contributed by atoms with Crippen molar-refractivity contribution in [3.8, 4) is 0 Å². The van der Waals surface area contributed by atoms with Gasteiger partial charge in [0.05, 0.1) is 12.8 Å². The zero-order valence-corrected chi connectivity index (χ0v) is 17.6. The fourth-order valence-corrected chi connectivity index (χ4v) is 3.94. The van der Waals surface area contributed by atoms with E-state index in [4.69, 9.17) is 23.2 Å². The number of benzene rings is 3. The van der Waals surface area contributed by atoms with Crippen LogP contribution < -0.4 is 5.43 Å². The SMILES string of the molecule is Cc1c(/C=N\NCc2ccccc2Cl)c2ccccc2n1Cc1cccc(Cl)c1. The molecule has 0 aliphatic heterocycles. The Labute approximate surface area is 180 Å². The van der Waals surface area contributed by atoms with E-state index in [1.807, 2.05) is 48.7 Å². The van der Waals surface area contributed by atoms with Gasteiger partial charge in [-0.1, -0.05) is 71.7 Å². The molecule has 1 N–H and O–H groups in total. The number of rotatable bonds is 6. The lowest BCUT2D eigenvalue weighted by molar-refractivity contribution is 0.748. The highest BCUT2D eigenvalue weighted by molar-refractivity contribution is 6.31. The maximum Gasteiger partial charge on any atom is 0.0594 e. The van der Waals surface area contributed by atoms with Crippen molar-refractivity contribution >= 4 is 40.3 Å². The number of nitrogens with zero attached hydrogens (tertiary/aromatic N) is 2. The monoisotopic (exact) mass is 421 g/mol. The minimum atomic E-state index is 0.580. The molecule has 0 saturated heterocycles. The van der Waals surface area contributed by atoms with Crippen molar-refractivity contribution in [3.05, 3.63) is 105 Å². The van der Waals surface area contributed by atoms with Gasteiger partial charge in [-0.15, -0.1) is 0 Å². The fraction of sp³-hybridized carbons (Fsp3) is 0.125. The number of aromatic nitrogens is 1. The van der Waals surface area contributed by atoms with Crippen LogP contribution in [0.4, 0.5) is 0 Å². The summed E-state index contributed by atoms with van der Waals surface area (Å²) < 4.78 is 2.30. The molecule has 0 saturated carbocycles. The van der Waals surface area contributed by atoms with Crippen molar-refractivity contribution in [1.29, 1.82) is 0 Å². The maximum atomic E-state index is 6.21. The Bertz CT molecular complexity index is 1180. The van der Waals surface area contributed by atoms with E-state index in [1.165, 1.54) is 16.5 Å². The highest BCUT2D eigenvalue weighted by Crippen LogP contribution is 2.26. The first-order valence-electron chi connectivity index (χ1n) is 9.45. The van der Waals surface area contributed by atoms with Gasteiger partial charge in [-0.2, -0.15) is 5.10 Å². The molecule has 0 atom stereocenters. The molecule has 0 aliphatic carbocycles. The summed E-state index contributed by atoms with van der Waals surface area (Å²) in [6.07, 6.45) is 1.89. The molecule has 4 aromatic rings. The summed E-state index contributed by atoms with van der Waals surface area (Å²) in [5, 5.41) is 7.12. The summed E-state index contributed by atoms with van der Waals surface area (Å²) in [7, 11) is 0. The lowest BCUT2D eigenvalue weighted by Gasteiger charge is -2.09. The standard InChI is InChI=1S/C24H21Cl2N3/c1-17-22(15-28-27-14-19-8-2-4-11-23(19)26)21-10-3-5-12-24(21)29(17)16-18-7-6-9-20(25)13-18/h2-13,15,27H,14,16H2,1H3/b28-15-. The van der Waals surface area contributed by atoms with Crippen LogP contribution in [0.25, 0.3) is 10.9 Å². The quantitative estimate of drug-likeness (QED) is 0.282. The van der Waals surface area contributed by atoms with Crippen LogP contribution in [0.3, 0.4) is 0 Å². The summed E-state index contributed by atoms with van der Waals surface area (Å²) in [6, 6.07) is 24.2. The van der Waals surface area contributed by atoms with Gasteiger partial charge in [-0.3, -0.25) is 0 Å². The van der Waals surface area contributed by atoms with Crippen LogP contribution in [0.2, 0.25) is 10.0 Å². The van der Waals surface area contributed by atoms with Gasteiger partial charge in [0.1, 0.15) is 0 Å². The molecule has 0 amide bonds. The molecule has 0 bridgehead atoms. The summed E-state index contributed by atoms with van der Waals surface area (Å²) in [4.78, 5) is 0. The van der Waals surface area contributed by atoms with Crippen molar-refractivity contribution in [3.63, 3.8) is 0 Å². The Balaban J connectivity index is 1.61. The van der Waals surface area contributed by atoms with E-state index >= 15 is 0 Å². The second-order valence-electron chi connectivity index (χ2n) is 6.92. The number of halogens is 2. The number of nitrogens with one attached hydrogen (secondary N) is 1. The minimum absolute atomic E-state index is 0.580. The molecule has 5 heteroatoms. The smallest absolute Gasteiger partial charge is 0.0594 e. The van der Waals surface area contributed by atoms with Gasteiger partial charge in [0.25, 0.3) is 0 Å². The molecule has 3 aromatic carbocycles. The third kappa shape index (κ3) is 4.31. The van der Waals surface area contributed by atoms with Gasteiger partial charge in [-0.05, 0) is 42.3 Å². The Kier molecular flexibility index (Phi) is 5.89. The molecule has 1 aromatic heterocycles. The first-order valence-corrected chi connectivity index (χ1v) is 10.2. The second kappa shape index (κ2) is 8.73. The van der Waals surface area contributed by atoms with Crippen LogP contribution in [-0.4, -0.2) is 10.8 Å². The molecule has 0 fully saturated rings. The Hall–Kier alpha value is -2.75. The topological polar surface area (TPSA) is 29.3 Å². The normalized spacial score (nSPS) is 11.4. The molecule has 3 nitrogen and oxygen atoms in total. The van der Waals surface area contributed by atoms with Gasteiger partial charge in [0, 0.05) is 38.8 Å². The molecule has 4 rings (SSSR count). The molecular formula is C24H21Cl2N3. The number of fused-ring (bicyclic) bond motifs is 1. The van der Waals surface area contributed by atoms with Crippen LogP contribution >= 0.6 is 23.2 Å². The summed E-state index contributed by atoms with van der Waals surface area (Å²) >= 11 is 12.4. The van der Waals surface area contributed by atoms with Crippen molar-refractivity contribution < 1.29 is 0 Å². The first kappa shape index (κ1) is 19.6. The van der Waals surface area contributed by atoms with Gasteiger partial charge in [-0.25, -0.2) is 0 Å². The van der Waals surface area contributed by atoms with Gasteiger partial charge < -0.3 is 9.99 Å². The Morgan fingerprint density at radius 3 is 2.59 bits per heavy atom. The van der Waals surface area contributed by atoms with Gasteiger partial charge in [0.15, 0.2) is 0 Å². The third-order valence-corrected chi connectivity index (χ3v) is 5.63. The van der Waals surface area contributed by atoms with E-state index in [9.17, 15) is 0 Å². The summed E-state index contributed by atoms with van der Waals surface area (Å²) in [6.45, 7) is 3.46. The number of hydrazone groups is 1. The molecule has 0 aliphatic rings.